The van der Waals surface area contributed by atoms with E-state index in [-0.39, 0.29) is 25.9 Å². The fourth-order valence-electron chi connectivity index (χ4n) is 3.58. The molecular weight excluding hydrogens is 400 g/mol. The third-order valence-electron chi connectivity index (χ3n) is 5.16. The molecule has 3 aromatic rings. The molecule has 5 rings (SSSR count). The van der Waals surface area contributed by atoms with Gasteiger partial charge in [0.05, 0.1) is 18.8 Å². The summed E-state index contributed by atoms with van der Waals surface area (Å²) in [7, 11) is 0. The lowest BCUT2D eigenvalue weighted by atomic mass is 10.1. The van der Waals surface area contributed by atoms with Crippen LogP contribution in [-0.2, 0) is 9.53 Å². The van der Waals surface area contributed by atoms with E-state index in [9.17, 15) is 9.59 Å². The quantitative estimate of drug-likeness (QED) is 0.660. The Morgan fingerprint density at radius 2 is 1.87 bits per heavy atom. The second-order valence-corrected chi connectivity index (χ2v) is 7.26. The monoisotopic (exact) mass is 420 g/mol. The van der Waals surface area contributed by atoms with Crippen molar-refractivity contribution in [1.29, 1.82) is 0 Å². The SMILES string of the molecule is O=C(COc1ccc2ccccc2c1)NCC1CN(c2ccc3c(c2)OCO3)C(=O)O1. The van der Waals surface area contributed by atoms with Gasteiger partial charge in [-0.3, -0.25) is 9.69 Å². The molecule has 1 atom stereocenters. The maximum Gasteiger partial charge on any atom is 0.414 e. The summed E-state index contributed by atoms with van der Waals surface area (Å²) in [5, 5.41) is 4.90. The first-order valence-corrected chi connectivity index (χ1v) is 9.92. The molecule has 2 heterocycles. The van der Waals surface area contributed by atoms with Gasteiger partial charge in [0.1, 0.15) is 11.9 Å². The molecular formula is C23H20N2O6. The Kier molecular flexibility index (Phi) is 4.95. The number of amides is 2. The molecule has 0 aliphatic carbocycles. The number of carbonyl (C=O) groups excluding carboxylic acids is 2. The first-order valence-electron chi connectivity index (χ1n) is 9.92. The molecule has 0 radical (unpaired) electrons. The summed E-state index contributed by atoms with van der Waals surface area (Å²) in [6, 6.07) is 18.9. The summed E-state index contributed by atoms with van der Waals surface area (Å²) in [6.45, 7) is 0.570. The first-order chi connectivity index (χ1) is 15.2. The van der Waals surface area contributed by atoms with Crippen LogP contribution in [0.15, 0.2) is 60.7 Å². The summed E-state index contributed by atoms with van der Waals surface area (Å²) in [6.07, 6.45) is -0.923. The minimum absolute atomic E-state index is 0.120. The lowest BCUT2D eigenvalue weighted by molar-refractivity contribution is -0.123. The lowest BCUT2D eigenvalue weighted by Crippen LogP contribution is -2.37. The number of anilines is 1. The van der Waals surface area contributed by atoms with Crippen molar-refractivity contribution in [3.63, 3.8) is 0 Å². The molecule has 31 heavy (non-hydrogen) atoms. The van der Waals surface area contributed by atoms with Gasteiger partial charge in [-0.15, -0.1) is 0 Å². The number of fused-ring (bicyclic) bond motifs is 2. The maximum atomic E-state index is 12.2. The molecule has 3 aromatic carbocycles. The summed E-state index contributed by atoms with van der Waals surface area (Å²) in [4.78, 5) is 25.9. The summed E-state index contributed by atoms with van der Waals surface area (Å²) < 4.78 is 21.6. The van der Waals surface area contributed by atoms with E-state index in [1.165, 1.54) is 4.90 Å². The highest BCUT2D eigenvalue weighted by molar-refractivity contribution is 5.90. The Bertz CT molecular complexity index is 1150. The fourth-order valence-corrected chi connectivity index (χ4v) is 3.58. The molecule has 8 heteroatoms. The van der Waals surface area contributed by atoms with Gasteiger partial charge >= 0.3 is 6.09 Å². The van der Waals surface area contributed by atoms with Crippen LogP contribution in [0.2, 0.25) is 0 Å². The van der Waals surface area contributed by atoms with Crippen LogP contribution in [0.3, 0.4) is 0 Å². The number of hydrogen-bond acceptors (Lipinski definition) is 6. The minimum atomic E-state index is -0.467. The van der Waals surface area contributed by atoms with E-state index in [1.807, 2.05) is 42.5 Å². The van der Waals surface area contributed by atoms with Crippen LogP contribution in [0.5, 0.6) is 17.2 Å². The largest absolute Gasteiger partial charge is 0.484 e. The molecule has 1 unspecified atom stereocenters. The predicted molar refractivity (Wildman–Crippen MR) is 113 cm³/mol. The van der Waals surface area contributed by atoms with Crippen LogP contribution >= 0.6 is 0 Å². The maximum absolute atomic E-state index is 12.2. The van der Waals surface area contributed by atoms with E-state index in [0.717, 1.165) is 10.8 Å². The molecule has 0 bridgehead atoms. The molecule has 1 fully saturated rings. The molecule has 8 nitrogen and oxygen atoms in total. The highest BCUT2D eigenvalue weighted by Gasteiger charge is 2.33. The van der Waals surface area contributed by atoms with Gasteiger partial charge in [0.15, 0.2) is 18.1 Å². The third-order valence-corrected chi connectivity index (χ3v) is 5.16. The van der Waals surface area contributed by atoms with Gasteiger partial charge in [0, 0.05) is 6.07 Å². The van der Waals surface area contributed by atoms with Crippen molar-refractivity contribution in [2.45, 2.75) is 6.10 Å². The average Bonchev–Trinajstić information content (AvgIpc) is 3.41. The number of ether oxygens (including phenoxy) is 4. The van der Waals surface area contributed by atoms with Crippen molar-refractivity contribution in [2.75, 3.05) is 31.4 Å². The van der Waals surface area contributed by atoms with E-state index in [2.05, 4.69) is 5.32 Å². The van der Waals surface area contributed by atoms with Gasteiger partial charge in [-0.05, 0) is 35.0 Å². The molecule has 0 aromatic heterocycles. The zero-order valence-electron chi connectivity index (χ0n) is 16.6. The van der Waals surface area contributed by atoms with Crippen molar-refractivity contribution < 1.29 is 28.5 Å². The van der Waals surface area contributed by atoms with Crippen molar-refractivity contribution in [1.82, 2.24) is 5.32 Å². The molecule has 1 N–H and O–H groups in total. The first kappa shape index (κ1) is 19.0. The van der Waals surface area contributed by atoms with Crippen molar-refractivity contribution in [3.8, 4) is 17.2 Å². The lowest BCUT2D eigenvalue weighted by Gasteiger charge is -2.13. The smallest absolute Gasteiger partial charge is 0.414 e. The number of nitrogens with one attached hydrogen (secondary N) is 1. The predicted octanol–water partition coefficient (Wildman–Crippen LogP) is 3.09. The number of hydrogen-bond donors (Lipinski definition) is 1. The number of rotatable bonds is 6. The van der Waals surface area contributed by atoms with Gasteiger partial charge in [-0.1, -0.05) is 30.3 Å². The van der Waals surface area contributed by atoms with Crippen LogP contribution < -0.4 is 24.4 Å². The van der Waals surface area contributed by atoms with Crippen LogP contribution in [0.1, 0.15) is 0 Å². The van der Waals surface area contributed by atoms with Crippen LogP contribution in [0, 0.1) is 0 Å². The number of cyclic esters (lactones) is 1. The second-order valence-electron chi connectivity index (χ2n) is 7.26. The minimum Gasteiger partial charge on any atom is -0.484 e. The molecule has 2 amide bonds. The normalized spacial score (nSPS) is 17.0. The molecule has 1 saturated heterocycles. The van der Waals surface area contributed by atoms with Gasteiger partial charge in [-0.25, -0.2) is 4.79 Å². The van der Waals surface area contributed by atoms with Crippen LogP contribution in [0.4, 0.5) is 10.5 Å². The zero-order chi connectivity index (χ0) is 21.2. The van der Waals surface area contributed by atoms with Crippen LogP contribution in [-0.4, -0.2) is 44.6 Å². The van der Waals surface area contributed by atoms with Gasteiger partial charge in [-0.2, -0.15) is 0 Å². The topological polar surface area (TPSA) is 86.3 Å². The molecule has 2 aliphatic rings. The summed E-state index contributed by atoms with van der Waals surface area (Å²) in [5.74, 6) is 1.57. The number of nitrogens with zero attached hydrogens (tertiary/aromatic N) is 1. The van der Waals surface area contributed by atoms with Gasteiger partial charge in [0.2, 0.25) is 6.79 Å². The molecule has 0 spiro atoms. The standard InChI is InChI=1S/C23H20N2O6/c26-22(13-28-18-7-5-15-3-1-2-4-16(15)9-18)24-11-19-12-25(23(27)31-19)17-6-8-20-21(10-17)30-14-29-20/h1-10,19H,11-14H2,(H,24,26). The summed E-state index contributed by atoms with van der Waals surface area (Å²) in [5.41, 5.74) is 0.655. The Labute approximate surface area is 178 Å². The third kappa shape index (κ3) is 4.05. The summed E-state index contributed by atoms with van der Waals surface area (Å²) >= 11 is 0. The van der Waals surface area contributed by atoms with E-state index in [1.54, 1.807) is 18.2 Å². The van der Waals surface area contributed by atoms with E-state index in [0.29, 0.717) is 29.5 Å². The molecule has 2 aliphatic heterocycles. The Morgan fingerprint density at radius 1 is 1.03 bits per heavy atom. The highest BCUT2D eigenvalue weighted by atomic mass is 16.7. The zero-order valence-corrected chi connectivity index (χ0v) is 16.6. The average molecular weight is 420 g/mol. The second kappa shape index (κ2) is 8.06. The van der Waals surface area contributed by atoms with Gasteiger partial charge in [0.25, 0.3) is 5.91 Å². The van der Waals surface area contributed by atoms with Crippen molar-refractivity contribution in [2.24, 2.45) is 0 Å². The van der Waals surface area contributed by atoms with E-state index >= 15 is 0 Å². The fraction of sp³-hybridized carbons (Fsp3) is 0.217. The number of carbonyl (C=O) groups is 2. The van der Waals surface area contributed by atoms with Crippen molar-refractivity contribution in [3.05, 3.63) is 60.7 Å². The molecule has 0 saturated carbocycles. The number of benzene rings is 3. The van der Waals surface area contributed by atoms with Gasteiger partial charge < -0.3 is 24.3 Å². The van der Waals surface area contributed by atoms with Crippen molar-refractivity contribution >= 4 is 28.5 Å². The van der Waals surface area contributed by atoms with Crippen LogP contribution in [0.25, 0.3) is 10.8 Å². The highest BCUT2D eigenvalue weighted by Crippen LogP contribution is 2.36. The van der Waals surface area contributed by atoms with E-state index in [4.69, 9.17) is 18.9 Å². The van der Waals surface area contributed by atoms with E-state index < -0.39 is 12.2 Å². The Balaban J connectivity index is 1.12. The Morgan fingerprint density at radius 3 is 2.77 bits per heavy atom. The molecule has 158 valence electrons. The Hall–Kier alpha value is -3.94.